The molecule has 0 amide bonds. The molecule has 5 aromatic rings. The third-order valence-corrected chi connectivity index (χ3v) is 4.98. The first-order valence-corrected chi connectivity index (χ1v) is 9.67. The SMILES string of the molecule is Nc1nc2cc(-c3ccn[nH]3)ccc2c2nn(CCCC(=O)c3ccc(F)cn3)nc12. The van der Waals surface area contributed by atoms with Gasteiger partial charge in [-0.2, -0.15) is 15.0 Å². The molecule has 0 fully saturated rings. The Hall–Kier alpha value is -4.21. The molecule has 0 spiro atoms. The fourth-order valence-electron chi connectivity index (χ4n) is 3.44. The van der Waals surface area contributed by atoms with Crippen LogP contribution in [0.25, 0.3) is 33.2 Å². The van der Waals surface area contributed by atoms with Crippen molar-refractivity contribution in [1.29, 1.82) is 0 Å². The summed E-state index contributed by atoms with van der Waals surface area (Å²) in [6.45, 7) is 0.425. The number of aromatic nitrogens is 7. The van der Waals surface area contributed by atoms with Crippen LogP contribution in [0.2, 0.25) is 0 Å². The number of aryl methyl sites for hydroxylation is 1. The average Bonchev–Trinajstić information content (AvgIpc) is 3.44. The summed E-state index contributed by atoms with van der Waals surface area (Å²) in [5, 5.41) is 16.7. The van der Waals surface area contributed by atoms with Gasteiger partial charge >= 0.3 is 0 Å². The largest absolute Gasteiger partial charge is 0.382 e. The van der Waals surface area contributed by atoms with Gasteiger partial charge < -0.3 is 5.73 Å². The second-order valence-corrected chi connectivity index (χ2v) is 7.08. The molecule has 3 N–H and O–H groups in total. The second-order valence-electron chi connectivity index (χ2n) is 7.08. The zero-order valence-corrected chi connectivity index (χ0v) is 16.3. The third-order valence-electron chi connectivity index (χ3n) is 4.98. The molecule has 9 nitrogen and oxygen atoms in total. The smallest absolute Gasteiger partial charge is 0.181 e. The van der Waals surface area contributed by atoms with Crippen LogP contribution in [0.15, 0.2) is 48.8 Å². The molecule has 4 aromatic heterocycles. The number of rotatable bonds is 6. The molecular formula is C21H17FN8O. The molecule has 0 saturated carbocycles. The molecule has 10 heteroatoms. The molecule has 0 atom stereocenters. The van der Waals surface area contributed by atoms with Gasteiger partial charge in [-0.25, -0.2) is 9.37 Å². The fourth-order valence-corrected chi connectivity index (χ4v) is 3.44. The van der Waals surface area contributed by atoms with Crippen LogP contribution < -0.4 is 5.73 Å². The lowest BCUT2D eigenvalue weighted by Gasteiger charge is -2.03. The van der Waals surface area contributed by atoms with E-state index in [4.69, 9.17) is 5.73 Å². The molecule has 0 aliphatic rings. The summed E-state index contributed by atoms with van der Waals surface area (Å²) < 4.78 is 12.9. The molecule has 5 rings (SSSR count). The van der Waals surface area contributed by atoms with Crippen LogP contribution >= 0.6 is 0 Å². The number of nitrogens with two attached hydrogens (primary N) is 1. The van der Waals surface area contributed by atoms with Crippen molar-refractivity contribution in [3.63, 3.8) is 0 Å². The number of hydrogen-bond donors (Lipinski definition) is 2. The van der Waals surface area contributed by atoms with E-state index in [9.17, 15) is 9.18 Å². The van der Waals surface area contributed by atoms with Crippen LogP contribution in [0.4, 0.5) is 10.2 Å². The first-order chi connectivity index (χ1) is 15.1. The van der Waals surface area contributed by atoms with Gasteiger partial charge in [0.05, 0.1) is 24.0 Å². The second kappa shape index (κ2) is 7.56. The highest BCUT2D eigenvalue weighted by atomic mass is 19.1. The molecule has 0 unspecified atom stereocenters. The molecule has 4 heterocycles. The molecule has 0 aliphatic heterocycles. The molecule has 0 radical (unpaired) electrons. The lowest BCUT2D eigenvalue weighted by Crippen LogP contribution is -2.07. The van der Waals surface area contributed by atoms with Crippen LogP contribution in [0, 0.1) is 5.82 Å². The van der Waals surface area contributed by atoms with Gasteiger partial charge in [-0.15, -0.1) is 5.10 Å². The summed E-state index contributed by atoms with van der Waals surface area (Å²) in [6, 6.07) is 10.3. The quantitative estimate of drug-likeness (QED) is 0.407. The number of fused-ring (bicyclic) bond motifs is 3. The zero-order valence-electron chi connectivity index (χ0n) is 16.3. The van der Waals surface area contributed by atoms with Gasteiger partial charge in [-0.05, 0) is 36.8 Å². The van der Waals surface area contributed by atoms with E-state index >= 15 is 0 Å². The Morgan fingerprint density at radius 2 is 2.00 bits per heavy atom. The van der Waals surface area contributed by atoms with Crippen molar-refractivity contribution in [2.75, 3.05) is 5.73 Å². The number of halogens is 1. The molecule has 154 valence electrons. The standard InChI is InChI=1S/C21H17FN8O/c22-13-4-6-16(24-11-13)18(31)2-1-9-30-28-19-14-5-3-12(15-7-8-25-27-15)10-17(14)26-21(23)20(19)29-30/h3-8,10-11H,1-2,9H2,(H2,23,26)(H,25,27). The number of anilines is 1. The monoisotopic (exact) mass is 416 g/mol. The molecule has 0 bridgehead atoms. The maximum Gasteiger partial charge on any atom is 0.181 e. The van der Waals surface area contributed by atoms with Crippen molar-refractivity contribution in [3.8, 4) is 11.3 Å². The molecule has 31 heavy (non-hydrogen) atoms. The Morgan fingerprint density at radius 3 is 2.77 bits per heavy atom. The van der Waals surface area contributed by atoms with E-state index < -0.39 is 5.82 Å². The predicted molar refractivity (Wildman–Crippen MR) is 113 cm³/mol. The van der Waals surface area contributed by atoms with Gasteiger partial charge in [0.25, 0.3) is 0 Å². The summed E-state index contributed by atoms with van der Waals surface area (Å²) in [4.78, 5) is 22.0. The van der Waals surface area contributed by atoms with Gasteiger partial charge in [0.1, 0.15) is 17.0 Å². The number of benzene rings is 1. The van der Waals surface area contributed by atoms with E-state index in [1.807, 2.05) is 24.3 Å². The van der Waals surface area contributed by atoms with E-state index in [0.717, 1.165) is 22.8 Å². The van der Waals surface area contributed by atoms with Gasteiger partial charge in [0.15, 0.2) is 17.1 Å². The number of carbonyl (C=O) groups excluding carboxylic acids is 1. The normalized spacial score (nSPS) is 11.4. The Labute approximate surface area is 175 Å². The van der Waals surface area contributed by atoms with E-state index in [1.54, 1.807) is 6.20 Å². The lowest BCUT2D eigenvalue weighted by molar-refractivity contribution is 0.0973. The fraction of sp³-hybridized carbons (Fsp3) is 0.143. The highest BCUT2D eigenvalue weighted by Gasteiger charge is 2.14. The van der Waals surface area contributed by atoms with Gasteiger partial charge in [0.2, 0.25) is 0 Å². The summed E-state index contributed by atoms with van der Waals surface area (Å²) in [6.07, 6.45) is 3.48. The van der Waals surface area contributed by atoms with Crippen LogP contribution in [-0.2, 0) is 6.54 Å². The number of hydrogen-bond acceptors (Lipinski definition) is 7. The number of H-pyrrole nitrogens is 1. The minimum absolute atomic E-state index is 0.158. The van der Waals surface area contributed by atoms with E-state index in [0.29, 0.717) is 35.3 Å². The highest BCUT2D eigenvalue weighted by Crippen LogP contribution is 2.28. The topological polar surface area (TPSA) is 128 Å². The van der Waals surface area contributed by atoms with Crippen LogP contribution in [-0.4, -0.2) is 40.9 Å². The number of nitrogens with zero attached hydrogens (tertiary/aromatic N) is 6. The zero-order chi connectivity index (χ0) is 21.4. The van der Waals surface area contributed by atoms with Crippen molar-refractivity contribution in [3.05, 3.63) is 60.3 Å². The van der Waals surface area contributed by atoms with Crippen molar-refractivity contribution in [1.82, 2.24) is 35.2 Å². The number of aromatic amines is 1. The molecule has 1 aromatic carbocycles. The lowest BCUT2D eigenvalue weighted by atomic mass is 10.1. The highest BCUT2D eigenvalue weighted by molar-refractivity contribution is 6.06. The Balaban J connectivity index is 1.37. The van der Waals surface area contributed by atoms with Gasteiger partial charge in [0, 0.05) is 23.6 Å². The summed E-state index contributed by atoms with van der Waals surface area (Å²) in [5.41, 5.74) is 10.1. The molecule has 0 aliphatic carbocycles. The minimum Gasteiger partial charge on any atom is -0.382 e. The van der Waals surface area contributed by atoms with Crippen LogP contribution in [0.5, 0.6) is 0 Å². The van der Waals surface area contributed by atoms with E-state index in [2.05, 4.69) is 30.4 Å². The Morgan fingerprint density at radius 1 is 1.13 bits per heavy atom. The average molecular weight is 416 g/mol. The number of carbonyl (C=O) groups is 1. The first-order valence-electron chi connectivity index (χ1n) is 9.67. The number of nitrogens with one attached hydrogen (secondary N) is 1. The Kier molecular flexibility index (Phi) is 4.58. The summed E-state index contributed by atoms with van der Waals surface area (Å²) >= 11 is 0. The van der Waals surface area contributed by atoms with Crippen molar-refractivity contribution in [2.24, 2.45) is 0 Å². The summed E-state index contributed by atoms with van der Waals surface area (Å²) in [5.74, 6) is -0.337. The molecule has 0 saturated heterocycles. The predicted octanol–water partition coefficient (Wildman–Crippen LogP) is 3.15. The van der Waals surface area contributed by atoms with E-state index in [1.165, 1.54) is 16.9 Å². The third kappa shape index (κ3) is 3.59. The van der Waals surface area contributed by atoms with Crippen molar-refractivity contribution >= 4 is 33.5 Å². The first kappa shape index (κ1) is 18.8. The van der Waals surface area contributed by atoms with Crippen molar-refractivity contribution in [2.45, 2.75) is 19.4 Å². The van der Waals surface area contributed by atoms with E-state index in [-0.39, 0.29) is 17.9 Å². The molecular weight excluding hydrogens is 399 g/mol. The Bertz CT molecular complexity index is 1390. The van der Waals surface area contributed by atoms with Gasteiger partial charge in [-0.3, -0.25) is 14.9 Å². The minimum atomic E-state index is -0.473. The number of Topliss-reactive ketones (excluding diaryl/α,β-unsaturated/α-hetero) is 1. The number of pyridine rings is 2. The van der Waals surface area contributed by atoms with Crippen LogP contribution in [0.3, 0.4) is 0 Å². The number of nitrogen functional groups attached to an aromatic ring is 1. The maximum atomic E-state index is 12.9. The number of ketones is 1. The maximum absolute atomic E-state index is 12.9. The van der Waals surface area contributed by atoms with Crippen molar-refractivity contribution < 1.29 is 9.18 Å². The van der Waals surface area contributed by atoms with Gasteiger partial charge in [-0.1, -0.05) is 6.07 Å². The van der Waals surface area contributed by atoms with Crippen LogP contribution in [0.1, 0.15) is 23.3 Å². The summed E-state index contributed by atoms with van der Waals surface area (Å²) in [7, 11) is 0.